The van der Waals surface area contributed by atoms with Gasteiger partial charge in [0.25, 0.3) is 0 Å². The van der Waals surface area contributed by atoms with E-state index < -0.39 is 57.9 Å². The molecule has 0 unspecified atom stereocenters. The Bertz CT molecular complexity index is 1230. The van der Waals surface area contributed by atoms with E-state index in [1.54, 1.807) is 0 Å². The number of benzene rings is 2. The second-order valence-corrected chi connectivity index (χ2v) is 11.3. The summed E-state index contributed by atoms with van der Waals surface area (Å²) >= 11 is 0. The van der Waals surface area contributed by atoms with Crippen LogP contribution in [-0.4, -0.2) is 77.0 Å². The van der Waals surface area contributed by atoms with Crippen molar-refractivity contribution in [2.24, 2.45) is 0 Å². The van der Waals surface area contributed by atoms with E-state index in [-0.39, 0.29) is 19.8 Å². The molecule has 2 fully saturated rings. The van der Waals surface area contributed by atoms with Crippen molar-refractivity contribution >= 4 is 10.1 Å². The fourth-order valence-corrected chi connectivity index (χ4v) is 5.08. The molecule has 2 aromatic carbocycles. The van der Waals surface area contributed by atoms with Gasteiger partial charge in [-0.25, -0.2) is 4.18 Å². The van der Waals surface area contributed by atoms with Crippen LogP contribution in [0.2, 0.25) is 0 Å². The highest BCUT2D eigenvalue weighted by Crippen LogP contribution is 2.45. The Labute approximate surface area is 236 Å². The summed E-state index contributed by atoms with van der Waals surface area (Å²) < 4.78 is 110. The fourth-order valence-electron chi connectivity index (χ4n) is 4.56. The van der Waals surface area contributed by atoms with Gasteiger partial charge in [-0.1, -0.05) is 60.7 Å². The van der Waals surface area contributed by atoms with E-state index in [0.717, 1.165) is 11.1 Å². The number of alkyl halides is 3. The number of methoxy groups -OCH3 is 2. The third-order valence-electron chi connectivity index (χ3n) is 7.10. The first kappa shape index (κ1) is 31.8. The van der Waals surface area contributed by atoms with Crippen LogP contribution in [0.15, 0.2) is 60.7 Å². The molecule has 7 atom stereocenters. The van der Waals surface area contributed by atoms with Crippen molar-refractivity contribution < 1.29 is 58.9 Å². The van der Waals surface area contributed by atoms with E-state index in [1.165, 1.54) is 28.1 Å². The van der Waals surface area contributed by atoms with Crippen molar-refractivity contribution in [2.45, 2.75) is 74.8 Å². The van der Waals surface area contributed by atoms with Crippen LogP contribution >= 0.6 is 0 Å². The number of halogens is 3. The summed E-state index contributed by atoms with van der Waals surface area (Å²) in [6.45, 7) is 2.93. The van der Waals surface area contributed by atoms with Crippen molar-refractivity contribution in [2.75, 3.05) is 20.8 Å². The number of ether oxygens (including phenoxy) is 7. The number of fused-ring (bicyclic) bond motifs is 1. The number of hydrogen-bond acceptors (Lipinski definition) is 10. The smallest absolute Gasteiger partial charge is 0.374 e. The maximum absolute atomic E-state index is 13.3. The topological polar surface area (TPSA) is 108 Å². The SMILES string of the molecule is CO[C@]1(C)O[C@@H]2[C@@H](O[C@@]1(C)OC)[C@@H](OS(=O)(=O)C(F)(F)F)O[C@H](COCc1ccccc1)[C@H]2OCc1ccccc1. The minimum atomic E-state index is -6.10. The van der Waals surface area contributed by atoms with Gasteiger partial charge >= 0.3 is 15.6 Å². The predicted octanol–water partition coefficient (Wildman–Crippen LogP) is 3.89. The average molecular weight is 607 g/mol. The molecule has 0 aromatic heterocycles. The van der Waals surface area contributed by atoms with E-state index >= 15 is 0 Å². The zero-order chi connectivity index (χ0) is 29.9. The first-order valence-electron chi connectivity index (χ1n) is 12.7. The minimum absolute atomic E-state index is 0.0637. The molecule has 0 aliphatic carbocycles. The van der Waals surface area contributed by atoms with Crippen LogP contribution in [0.5, 0.6) is 0 Å². The summed E-state index contributed by atoms with van der Waals surface area (Å²) in [6.07, 6.45) is -7.05. The van der Waals surface area contributed by atoms with Crippen LogP contribution in [-0.2, 0) is 60.7 Å². The summed E-state index contributed by atoms with van der Waals surface area (Å²) in [7, 11) is -3.49. The molecule has 2 aliphatic rings. The zero-order valence-electron chi connectivity index (χ0n) is 22.9. The summed E-state index contributed by atoms with van der Waals surface area (Å²) in [5, 5.41) is 0. The molecule has 228 valence electrons. The van der Waals surface area contributed by atoms with Gasteiger partial charge in [-0.2, -0.15) is 21.6 Å². The minimum Gasteiger partial charge on any atom is -0.374 e. The van der Waals surface area contributed by atoms with Crippen LogP contribution in [0.1, 0.15) is 25.0 Å². The second kappa shape index (κ2) is 12.6. The Kier molecular flexibility index (Phi) is 9.78. The van der Waals surface area contributed by atoms with Gasteiger partial charge < -0.3 is 33.2 Å². The molecule has 4 rings (SSSR count). The van der Waals surface area contributed by atoms with Crippen LogP contribution in [0.3, 0.4) is 0 Å². The van der Waals surface area contributed by atoms with Gasteiger partial charge in [-0.15, -0.1) is 0 Å². The van der Waals surface area contributed by atoms with E-state index in [0.29, 0.717) is 0 Å². The van der Waals surface area contributed by atoms with Crippen molar-refractivity contribution in [3.05, 3.63) is 71.8 Å². The zero-order valence-corrected chi connectivity index (χ0v) is 23.7. The maximum atomic E-state index is 13.3. The summed E-state index contributed by atoms with van der Waals surface area (Å²) in [5.41, 5.74) is -4.10. The van der Waals surface area contributed by atoms with Gasteiger partial charge in [0, 0.05) is 14.2 Å². The molecule has 0 radical (unpaired) electrons. The van der Waals surface area contributed by atoms with E-state index in [9.17, 15) is 21.6 Å². The lowest BCUT2D eigenvalue weighted by molar-refractivity contribution is -0.482. The van der Waals surface area contributed by atoms with Gasteiger partial charge in [0.05, 0.1) is 19.8 Å². The Morgan fingerprint density at radius 1 is 0.829 bits per heavy atom. The lowest BCUT2D eigenvalue weighted by Gasteiger charge is -2.56. The highest BCUT2D eigenvalue weighted by Gasteiger charge is 2.64. The molecule has 2 aromatic rings. The molecule has 2 aliphatic heterocycles. The van der Waals surface area contributed by atoms with E-state index in [1.807, 2.05) is 60.7 Å². The molecule has 0 N–H and O–H groups in total. The Balaban J connectivity index is 1.68. The molecule has 10 nitrogen and oxygen atoms in total. The summed E-state index contributed by atoms with van der Waals surface area (Å²) in [6, 6.07) is 18.3. The number of rotatable bonds is 11. The fraction of sp³-hybridized carbons (Fsp3) is 0.556. The lowest BCUT2D eigenvalue weighted by Crippen LogP contribution is -2.73. The third kappa shape index (κ3) is 6.92. The molecular weight excluding hydrogens is 573 g/mol. The van der Waals surface area contributed by atoms with Crippen LogP contribution in [0.25, 0.3) is 0 Å². The van der Waals surface area contributed by atoms with Crippen LogP contribution in [0, 0.1) is 0 Å². The predicted molar refractivity (Wildman–Crippen MR) is 136 cm³/mol. The molecule has 2 saturated heterocycles. The van der Waals surface area contributed by atoms with Gasteiger partial charge in [-0.05, 0) is 25.0 Å². The van der Waals surface area contributed by atoms with Crippen LogP contribution < -0.4 is 0 Å². The Morgan fingerprint density at radius 3 is 1.85 bits per heavy atom. The van der Waals surface area contributed by atoms with E-state index in [2.05, 4.69) is 4.18 Å². The average Bonchev–Trinajstić information content (AvgIpc) is 2.94. The molecular formula is C27H33F3O10S. The van der Waals surface area contributed by atoms with Crippen molar-refractivity contribution in [1.82, 2.24) is 0 Å². The number of hydrogen-bond donors (Lipinski definition) is 0. The first-order valence-corrected chi connectivity index (χ1v) is 14.1. The highest BCUT2D eigenvalue weighted by atomic mass is 32.2. The summed E-state index contributed by atoms with van der Waals surface area (Å²) in [5.74, 6) is -3.31. The molecule has 41 heavy (non-hydrogen) atoms. The van der Waals surface area contributed by atoms with Gasteiger partial charge in [0.2, 0.25) is 17.9 Å². The Morgan fingerprint density at radius 2 is 1.34 bits per heavy atom. The quantitative estimate of drug-likeness (QED) is 0.276. The Hall–Kier alpha value is -2.14. The van der Waals surface area contributed by atoms with Gasteiger partial charge in [0.1, 0.15) is 24.4 Å². The first-order chi connectivity index (χ1) is 19.3. The van der Waals surface area contributed by atoms with Crippen molar-refractivity contribution in [3.63, 3.8) is 0 Å². The largest absolute Gasteiger partial charge is 0.523 e. The molecule has 2 heterocycles. The second-order valence-electron chi connectivity index (χ2n) is 9.77. The highest BCUT2D eigenvalue weighted by molar-refractivity contribution is 7.87. The normalized spacial score (nSPS) is 32.4. The molecule has 14 heteroatoms. The summed E-state index contributed by atoms with van der Waals surface area (Å²) in [4.78, 5) is 0. The van der Waals surface area contributed by atoms with Crippen molar-refractivity contribution in [1.29, 1.82) is 0 Å². The lowest BCUT2D eigenvalue weighted by atomic mass is 9.94. The monoisotopic (exact) mass is 606 g/mol. The molecule has 0 bridgehead atoms. The third-order valence-corrected chi connectivity index (χ3v) is 8.11. The van der Waals surface area contributed by atoms with Crippen molar-refractivity contribution in [3.8, 4) is 0 Å². The molecule has 0 spiro atoms. The molecule has 0 saturated carbocycles. The maximum Gasteiger partial charge on any atom is 0.523 e. The standard InChI is InChI=1S/C27H33F3O10S/c1-25(33-3)26(2,34-4)39-23-22(38-25)21(36-16-19-13-9-6-10-14-19)20(17-35-15-18-11-7-5-8-12-18)37-24(23)40-41(31,32)27(28,29)30/h5-14,20-24H,15-17H2,1-4H3/t20-,21-,22+,23-,24-,25-,26-/m1/s1. The van der Waals surface area contributed by atoms with E-state index in [4.69, 9.17) is 33.2 Å². The van der Waals surface area contributed by atoms with Gasteiger partial charge in [0.15, 0.2) is 0 Å². The van der Waals surface area contributed by atoms with Gasteiger partial charge in [-0.3, -0.25) is 0 Å². The van der Waals surface area contributed by atoms with Crippen LogP contribution in [0.4, 0.5) is 13.2 Å². The molecule has 0 amide bonds.